The van der Waals surface area contributed by atoms with Crippen LogP contribution in [0.15, 0.2) is 24.3 Å². The molecule has 0 aliphatic heterocycles. The van der Waals surface area contributed by atoms with Crippen LogP contribution in [0.3, 0.4) is 0 Å². The minimum absolute atomic E-state index is 0.0990. The molecule has 0 unspecified atom stereocenters. The monoisotopic (exact) mass is 327 g/mol. The summed E-state index contributed by atoms with van der Waals surface area (Å²) in [5.74, 6) is 0. The average molecular weight is 328 g/mol. The summed E-state index contributed by atoms with van der Waals surface area (Å²) in [7, 11) is 5.70. The molecule has 0 saturated heterocycles. The van der Waals surface area contributed by atoms with Crippen LogP contribution in [0.25, 0.3) is 0 Å². The van der Waals surface area contributed by atoms with Crippen LogP contribution in [-0.2, 0) is 6.42 Å². The predicted molar refractivity (Wildman–Crippen MR) is 90.8 cm³/mol. The van der Waals surface area contributed by atoms with E-state index in [1.54, 1.807) is 7.05 Å². The average Bonchev–Trinajstić information content (AvgIpc) is 2.46. The van der Waals surface area contributed by atoms with E-state index in [1.165, 1.54) is 4.90 Å². The quantitative estimate of drug-likeness (QED) is 0.684. The van der Waals surface area contributed by atoms with Crippen molar-refractivity contribution in [3.63, 3.8) is 0 Å². The van der Waals surface area contributed by atoms with Gasteiger partial charge in [-0.15, -0.1) is 0 Å². The molecule has 22 heavy (non-hydrogen) atoms. The summed E-state index contributed by atoms with van der Waals surface area (Å²) >= 11 is 5.88. The number of likely N-dealkylation sites (N-methyl/N-ethyl adjacent to an activating group) is 1. The molecule has 0 bridgehead atoms. The van der Waals surface area contributed by atoms with Gasteiger partial charge in [-0.05, 0) is 57.7 Å². The van der Waals surface area contributed by atoms with E-state index >= 15 is 0 Å². The number of nitrogens with one attached hydrogen (secondary N) is 1. The van der Waals surface area contributed by atoms with Gasteiger partial charge >= 0.3 is 6.09 Å². The topological polar surface area (TPSA) is 55.8 Å². The SMILES string of the molecule is CN(C)CCCNC[C@@H](Cc1ccc(Cl)cc1)N(C)C(=O)O. The van der Waals surface area contributed by atoms with Gasteiger partial charge < -0.3 is 20.2 Å². The Morgan fingerprint density at radius 3 is 2.45 bits per heavy atom. The number of carbonyl (C=O) groups is 1. The summed E-state index contributed by atoms with van der Waals surface area (Å²) < 4.78 is 0. The van der Waals surface area contributed by atoms with E-state index in [0.29, 0.717) is 18.0 Å². The Kier molecular flexibility index (Phi) is 8.24. The lowest BCUT2D eigenvalue weighted by molar-refractivity contribution is 0.137. The summed E-state index contributed by atoms with van der Waals surface area (Å²) in [5.41, 5.74) is 1.08. The second-order valence-corrected chi connectivity index (χ2v) is 6.18. The first kappa shape index (κ1) is 18.7. The molecule has 6 heteroatoms. The zero-order valence-electron chi connectivity index (χ0n) is 13.6. The van der Waals surface area contributed by atoms with Crippen molar-refractivity contribution in [3.8, 4) is 0 Å². The van der Waals surface area contributed by atoms with E-state index < -0.39 is 6.09 Å². The molecular weight excluding hydrogens is 302 g/mol. The van der Waals surface area contributed by atoms with E-state index in [2.05, 4.69) is 10.2 Å². The molecule has 2 N–H and O–H groups in total. The second-order valence-electron chi connectivity index (χ2n) is 5.74. The molecule has 5 nitrogen and oxygen atoms in total. The van der Waals surface area contributed by atoms with E-state index in [1.807, 2.05) is 38.4 Å². The molecule has 0 saturated carbocycles. The van der Waals surface area contributed by atoms with Crippen molar-refractivity contribution in [2.45, 2.75) is 18.9 Å². The van der Waals surface area contributed by atoms with Gasteiger partial charge in [-0.3, -0.25) is 0 Å². The van der Waals surface area contributed by atoms with Crippen molar-refractivity contribution in [1.82, 2.24) is 15.1 Å². The highest BCUT2D eigenvalue weighted by Gasteiger charge is 2.19. The first-order valence-electron chi connectivity index (χ1n) is 7.45. The number of hydrogen-bond donors (Lipinski definition) is 2. The molecule has 0 spiro atoms. The molecule has 0 fully saturated rings. The highest BCUT2D eigenvalue weighted by Crippen LogP contribution is 2.13. The first-order valence-corrected chi connectivity index (χ1v) is 7.83. The normalized spacial score (nSPS) is 12.4. The smallest absolute Gasteiger partial charge is 0.407 e. The van der Waals surface area contributed by atoms with Crippen molar-refractivity contribution >= 4 is 17.7 Å². The third-order valence-corrected chi connectivity index (χ3v) is 3.82. The second kappa shape index (κ2) is 9.66. The lowest BCUT2D eigenvalue weighted by Crippen LogP contribution is -2.44. The number of benzene rings is 1. The van der Waals surface area contributed by atoms with Gasteiger partial charge in [0.25, 0.3) is 0 Å². The van der Waals surface area contributed by atoms with Gasteiger partial charge in [-0.25, -0.2) is 4.79 Å². The fraction of sp³-hybridized carbons (Fsp3) is 0.562. The van der Waals surface area contributed by atoms with Crippen LogP contribution in [-0.4, -0.2) is 67.8 Å². The number of halogens is 1. The highest BCUT2D eigenvalue weighted by molar-refractivity contribution is 6.30. The molecule has 1 amide bonds. The molecule has 0 radical (unpaired) electrons. The molecule has 124 valence electrons. The van der Waals surface area contributed by atoms with Crippen LogP contribution in [0.1, 0.15) is 12.0 Å². The minimum atomic E-state index is -0.908. The molecule has 1 aromatic carbocycles. The fourth-order valence-electron chi connectivity index (χ4n) is 2.18. The molecule has 0 aliphatic carbocycles. The van der Waals surface area contributed by atoms with Gasteiger partial charge in [0.1, 0.15) is 0 Å². The maximum Gasteiger partial charge on any atom is 0.407 e. The van der Waals surface area contributed by atoms with Gasteiger partial charge in [-0.1, -0.05) is 23.7 Å². The van der Waals surface area contributed by atoms with Crippen molar-refractivity contribution < 1.29 is 9.90 Å². The number of hydrogen-bond acceptors (Lipinski definition) is 3. The molecule has 0 aromatic heterocycles. The molecule has 0 heterocycles. The van der Waals surface area contributed by atoms with E-state index in [-0.39, 0.29) is 6.04 Å². The summed E-state index contributed by atoms with van der Waals surface area (Å²) in [4.78, 5) is 14.7. The van der Waals surface area contributed by atoms with Crippen LogP contribution in [0, 0.1) is 0 Å². The standard InChI is InChI=1S/C16H26ClN3O2/c1-19(2)10-4-9-18-12-15(20(3)16(21)22)11-13-5-7-14(17)8-6-13/h5-8,15,18H,4,9-12H2,1-3H3,(H,21,22)/t15-/m1/s1. The molecule has 0 aliphatic rings. The van der Waals surface area contributed by atoms with Gasteiger partial charge in [0.15, 0.2) is 0 Å². The van der Waals surface area contributed by atoms with Crippen LogP contribution in [0.4, 0.5) is 4.79 Å². The zero-order valence-corrected chi connectivity index (χ0v) is 14.3. The Hall–Kier alpha value is -1.30. The van der Waals surface area contributed by atoms with E-state index in [9.17, 15) is 9.90 Å². The summed E-state index contributed by atoms with van der Waals surface area (Å²) in [6, 6.07) is 7.45. The summed E-state index contributed by atoms with van der Waals surface area (Å²) in [6.45, 7) is 2.53. The van der Waals surface area contributed by atoms with Gasteiger partial charge in [-0.2, -0.15) is 0 Å². The van der Waals surface area contributed by atoms with Crippen molar-refractivity contribution in [1.29, 1.82) is 0 Å². The number of rotatable bonds is 9. The molecule has 1 atom stereocenters. The van der Waals surface area contributed by atoms with Crippen LogP contribution >= 0.6 is 11.6 Å². The van der Waals surface area contributed by atoms with Gasteiger partial charge in [0, 0.05) is 18.6 Å². The Morgan fingerprint density at radius 1 is 1.27 bits per heavy atom. The maximum absolute atomic E-state index is 11.2. The predicted octanol–water partition coefficient (Wildman–Crippen LogP) is 2.40. The van der Waals surface area contributed by atoms with Crippen molar-refractivity contribution in [2.75, 3.05) is 40.8 Å². The van der Waals surface area contributed by atoms with Gasteiger partial charge in [0.2, 0.25) is 0 Å². The molecular formula is C16H26ClN3O2. The van der Waals surface area contributed by atoms with Crippen LogP contribution < -0.4 is 5.32 Å². The summed E-state index contributed by atoms with van der Waals surface area (Å²) in [5, 5.41) is 13.3. The highest BCUT2D eigenvalue weighted by atomic mass is 35.5. The Bertz CT molecular complexity index is 451. The van der Waals surface area contributed by atoms with Gasteiger partial charge in [0.05, 0.1) is 6.04 Å². The maximum atomic E-state index is 11.2. The lowest BCUT2D eigenvalue weighted by Gasteiger charge is -2.26. The zero-order chi connectivity index (χ0) is 16.5. The third-order valence-electron chi connectivity index (χ3n) is 3.57. The Balaban J connectivity index is 2.53. The van der Waals surface area contributed by atoms with Crippen LogP contribution in [0.2, 0.25) is 5.02 Å². The van der Waals surface area contributed by atoms with E-state index in [4.69, 9.17) is 11.6 Å². The number of amides is 1. The molecule has 1 rings (SSSR count). The van der Waals surface area contributed by atoms with Crippen molar-refractivity contribution in [2.24, 2.45) is 0 Å². The lowest BCUT2D eigenvalue weighted by atomic mass is 10.0. The first-order chi connectivity index (χ1) is 10.4. The summed E-state index contributed by atoms with van der Waals surface area (Å²) in [6.07, 6.45) is 0.798. The largest absolute Gasteiger partial charge is 0.465 e. The third kappa shape index (κ3) is 7.11. The fourth-order valence-corrected chi connectivity index (χ4v) is 2.31. The minimum Gasteiger partial charge on any atom is -0.465 e. The van der Waals surface area contributed by atoms with E-state index in [0.717, 1.165) is 25.1 Å². The van der Waals surface area contributed by atoms with Crippen LogP contribution in [0.5, 0.6) is 0 Å². The number of nitrogens with zero attached hydrogens (tertiary/aromatic N) is 2. The van der Waals surface area contributed by atoms with Crippen molar-refractivity contribution in [3.05, 3.63) is 34.9 Å². The molecule has 1 aromatic rings. The Morgan fingerprint density at radius 2 is 1.91 bits per heavy atom. The Labute approximate surface area is 137 Å². The number of carboxylic acid groups (broad SMARTS) is 1.